The standard InChI is InChI=1S/C19H21N3O5/c1-12-5-7-16(9-13(12)2)27-11-19(23)21-20-14(3)15-6-8-18(26-4)17(10-15)22(24)25/h5-10H,11H2,1-4H3,(H,21,23)/b20-14-. The van der Waals surface area contributed by atoms with E-state index in [4.69, 9.17) is 9.47 Å². The second-order valence-electron chi connectivity index (χ2n) is 5.91. The summed E-state index contributed by atoms with van der Waals surface area (Å²) in [7, 11) is 1.36. The molecule has 2 aromatic rings. The summed E-state index contributed by atoms with van der Waals surface area (Å²) in [4.78, 5) is 22.5. The highest BCUT2D eigenvalue weighted by atomic mass is 16.6. The van der Waals surface area contributed by atoms with Crippen molar-refractivity contribution in [2.24, 2.45) is 5.10 Å². The Morgan fingerprint density at radius 1 is 1.19 bits per heavy atom. The Morgan fingerprint density at radius 3 is 2.56 bits per heavy atom. The van der Waals surface area contributed by atoms with E-state index in [1.807, 2.05) is 26.0 Å². The molecule has 0 bridgehead atoms. The normalized spacial score (nSPS) is 11.0. The van der Waals surface area contributed by atoms with Crippen LogP contribution in [0.5, 0.6) is 11.5 Å². The number of nitrogens with one attached hydrogen (secondary N) is 1. The van der Waals surface area contributed by atoms with Gasteiger partial charge in [0.05, 0.1) is 17.7 Å². The highest BCUT2D eigenvalue weighted by molar-refractivity contribution is 6.00. The van der Waals surface area contributed by atoms with Gasteiger partial charge in [0.25, 0.3) is 5.91 Å². The maximum atomic E-state index is 11.9. The smallest absolute Gasteiger partial charge is 0.311 e. The fraction of sp³-hybridized carbons (Fsp3) is 0.263. The number of hydrazone groups is 1. The minimum Gasteiger partial charge on any atom is -0.490 e. The van der Waals surface area contributed by atoms with Crippen LogP contribution in [0.4, 0.5) is 5.69 Å². The van der Waals surface area contributed by atoms with Gasteiger partial charge in [-0.25, -0.2) is 5.43 Å². The van der Waals surface area contributed by atoms with Crippen molar-refractivity contribution in [3.05, 3.63) is 63.2 Å². The van der Waals surface area contributed by atoms with E-state index in [-0.39, 0.29) is 18.0 Å². The predicted molar refractivity (Wildman–Crippen MR) is 101 cm³/mol. The van der Waals surface area contributed by atoms with Gasteiger partial charge in [-0.1, -0.05) is 6.07 Å². The largest absolute Gasteiger partial charge is 0.490 e. The lowest BCUT2D eigenvalue weighted by Gasteiger charge is -2.08. The van der Waals surface area contributed by atoms with Crippen LogP contribution in [0.2, 0.25) is 0 Å². The topological polar surface area (TPSA) is 103 Å². The number of carbonyl (C=O) groups excluding carboxylic acids is 1. The van der Waals surface area contributed by atoms with Gasteiger partial charge in [0.1, 0.15) is 5.75 Å². The first kappa shape index (κ1) is 19.9. The summed E-state index contributed by atoms with van der Waals surface area (Å²) in [5, 5.41) is 15.1. The Hall–Kier alpha value is -3.42. The molecular formula is C19H21N3O5. The Balaban J connectivity index is 2.00. The molecule has 142 valence electrons. The van der Waals surface area contributed by atoms with E-state index in [0.717, 1.165) is 11.1 Å². The van der Waals surface area contributed by atoms with Crippen molar-refractivity contribution in [3.8, 4) is 11.5 Å². The molecule has 1 amide bonds. The fourth-order valence-electron chi connectivity index (χ4n) is 2.25. The van der Waals surface area contributed by atoms with Gasteiger partial charge in [-0.05, 0) is 56.2 Å². The van der Waals surface area contributed by atoms with Crippen molar-refractivity contribution in [3.63, 3.8) is 0 Å². The van der Waals surface area contributed by atoms with Crippen LogP contribution in [0, 0.1) is 24.0 Å². The van der Waals surface area contributed by atoms with Crippen LogP contribution >= 0.6 is 0 Å². The highest BCUT2D eigenvalue weighted by Crippen LogP contribution is 2.27. The van der Waals surface area contributed by atoms with E-state index in [9.17, 15) is 14.9 Å². The molecule has 0 spiro atoms. The molecule has 0 radical (unpaired) electrons. The second kappa shape index (κ2) is 8.79. The summed E-state index contributed by atoms with van der Waals surface area (Å²) in [6.07, 6.45) is 0. The van der Waals surface area contributed by atoms with Crippen molar-refractivity contribution < 1.29 is 19.2 Å². The lowest BCUT2D eigenvalue weighted by Crippen LogP contribution is -2.25. The summed E-state index contributed by atoms with van der Waals surface area (Å²) < 4.78 is 10.4. The number of ether oxygens (including phenoxy) is 2. The van der Waals surface area contributed by atoms with E-state index in [2.05, 4.69) is 10.5 Å². The molecule has 2 rings (SSSR count). The molecule has 1 N–H and O–H groups in total. The Bertz CT molecular complexity index is 893. The number of hydrogen-bond acceptors (Lipinski definition) is 6. The fourth-order valence-corrected chi connectivity index (χ4v) is 2.25. The first-order valence-corrected chi connectivity index (χ1v) is 8.17. The molecule has 0 fully saturated rings. The third-order valence-electron chi connectivity index (χ3n) is 3.99. The van der Waals surface area contributed by atoms with Gasteiger partial charge in [-0.3, -0.25) is 14.9 Å². The van der Waals surface area contributed by atoms with Gasteiger partial charge < -0.3 is 9.47 Å². The molecule has 0 unspecified atom stereocenters. The van der Waals surface area contributed by atoms with E-state index >= 15 is 0 Å². The molecule has 0 aromatic heterocycles. The Labute approximate surface area is 157 Å². The molecule has 0 aliphatic carbocycles. The SMILES string of the molecule is COc1ccc(/C(C)=N\NC(=O)COc2ccc(C)c(C)c2)cc1[N+](=O)[O-]. The van der Waals surface area contributed by atoms with Crippen LogP contribution in [-0.4, -0.2) is 30.3 Å². The minimum absolute atomic E-state index is 0.155. The number of nitro benzene ring substituents is 1. The minimum atomic E-state index is -0.536. The highest BCUT2D eigenvalue weighted by Gasteiger charge is 2.16. The summed E-state index contributed by atoms with van der Waals surface area (Å²) in [5.41, 5.74) is 5.33. The van der Waals surface area contributed by atoms with E-state index < -0.39 is 10.8 Å². The third kappa shape index (κ3) is 5.27. The van der Waals surface area contributed by atoms with Crippen LogP contribution < -0.4 is 14.9 Å². The number of benzene rings is 2. The first-order chi connectivity index (χ1) is 12.8. The summed E-state index contributed by atoms with van der Waals surface area (Å²) in [6.45, 7) is 5.40. The molecule has 8 nitrogen and oxygen atoms in total. The molecule has 0 atom stereocenters. The zero-order valence-electron chi connectivity index (χ0n) is 15.6. The number of hydrogen-bond donors (Lipinski definition) is 1. The average molecular weight is 371 g/mol. The molecule has 0 aliphatic rings. The van der Waals surface area contributed by atoms with Gasteiger partial charge in [0, 0.05) is 11.6 Å². The third-order valence-corrected chi connectivity index (χ3v) is 3.99. The van der Waals surface area contributed by atoms with Gasteiger partial charge >= 0.3 is 5.69 Å². The lowest BCUT2D eigenvalue weighted by atomic mass is 10.1. The second-order valence-corrected chi connectivity index (χ2v) is 5.91. The molecular weight excluding hydrogens is 350 g/mol. The molecule has 0 aliphatic heterocycles. The number of nitro groups is 1. The number of carbonyl (C=O) groups is 1. The molecule has 0 saturated heterocycles. The van der Waals surface area contributed by atoms with Crippen molar-refractivity contribution in [2.75, 3.05) is 13.7 Å². The summed E-state index contributed by atoms with van der Waals surface area (Å²) >= 11 is 0. The van der Waals surface area contributed by atoms with Crippen LogP contribution in [0.1, 0.15) is 23.6 Å². The molecule has 2 aromatic carbocycles. The van der Waals surface area contributed by atoms with E-state index in [1.54, 1.807) is 19.1 Å². The molecule has 0 heterocycles. The van der Waals surface area contributed by atoms with Crippen LogP contribution in [0.15, 0.2) is 41.5 Å². The molecule has 27 heavy (non-hydrogen) atoms. The van der Waals surface area contributed by atoms with Gasteiger partial charge in [0.2, 0.25) is 0 Å². The van der Waals surface area contributed by atoms with Crippen LogP contribution in [0.3, 0.4) is 0 Å². The number of nitrogens with zero attached hydrogens (tertiary/aromatic N) is 2. The number of aryl methyl sites for hydroxylation is 2. The zero-order valence-corrected chi connectivity index (χ0v) is 15.6. The lowest BCUT2D eigenvalue weighted by molar-refractivity contribution is -0.385. The average Bonchev–Trinajstić information content (AvgIpc) is 2.66. The molecule has 0 saturated carbocycles. The maximum absolute atomic E-state index is 11.9. The number of methoxy groups -OCH3 is 1. The van der Waals surface area contributed by atoms with Gasteiger partial charge in [-0.15, -0.1) is 0 Å². The maximum Gasteiger partial charge on any atom is 0.311 e. The van der Waals surface area contributed by atoms with Crippen molar-refractivity contribution in [1.82, 2.24) is 5.43 Å². The molecule has 8 heteroatoms. The van der Waals surface area contributed by atoms with E-state index in [1.165, 1.54) is 19.2 Å². The Kier molecular flexibility index (Phi) is 6.48. The van der Waals surface area contributed by atoms with Crippen LogP contribution in [-0.2, 0) is 4.79 Å². The van der Waals surface area contributed by atoms with Gasteiger partial charge in [0.15, 0.2) is 12.4 Å². The first-order valence-electron chi connectivity index (χ1n) is 8.17. The number of rotatable bonds is 7. The van der Waals surface area contributed by atoms with Crippen LogP contribution in [0.25, 0.3) is 0 Å². The quantitative estimate of drug-likeness (QED) is 0.457. The van der Waals surface area contributed by atoms with Crippen molar-refractivity contribution >= 4 is 17.3 Å². The summed E-state index contributed by atoms with van der Waals surface area (Å²) in [5.74, 6) is 0.317. The van der Waals surface area contributed by atoms with E-state index in [0.29, 0.717) is 17.0 Å². The summed E-state index contributed by atoms with van der Waals surface area (Å²) in [6, 6.07) is 10.0. The monoisotopic (exact) mass is 371 g/mol. The zero-order chi connectivity index (χ0) is 20.0. The predicted octanol–water partition coefficient (Wildman–Crippen LogP) is 3.14. The van der Waals surface area contributed by atoms with Gasteiger partial charge in [-0.2, -0.15) is 5.10 Å². The van der Waals surface area contributed by atoms with Crippen molar-refractivity contribution in [2.45, 2.75) is 20.8 Å². The number of amides is 1. The Morgan fingerprint density at radius 2 is 1.93 bits per heavy atom. The van der Waals surface area contributed by atoms with Crippen molar-refractivity contribution in [1.29, 1.82) is 0 Å².